The van der Waals surface area contributed by atoms with Crippen molar-refractivity contribution in [1.82, 2.24) is 15.5 Å². The van der Waals surface area contributed by atoms with Crippen LogP contribution in [0, 0.1) is 0 Å². The van der Waals surface area contributed by atoms with E-state index in [2.05, 4.69) is 27.6 Å². The number of hydrogen-bond donors (Lipinski definition) is 2. The van der Waals surface area contributed by atoms with Gasteiger partial charge in [0.1, 0.15) is 0 Å². The number of nitrogens with one attached hydrogen (secondary N) is 2. The first-order valence-corrected chi connectivity index (χ1v) is 5.30. The fourth-order valence-corrected chi connectivity index (χ4v) is 1.19. The van der Waals surface area contributed by atoms with Gasteiger partial charge in [0.15, 0.2) is 5.96 Å². The number of methoxy groups -OCH3 is 1. The molecule has 0 rings (SSSR count). The van der Waals surface area contributed by atoms with Crippen LogP contribution in [-0.4, -0.2) is 65.4 Å². The van der Waals surface area contributed by atoms with Crippen LogP contribution in [0.3, 0.4) is 0 Å². The van der Waals surface area contributed by atoms with E-state index in [4.69, 9.17) is 4.74 Å². The summed E-state index contributed by atoms with van der Waals surface area (Å²) >= 11 is 0. The summed E-state index contributed by atoms with van der Waals surface area (Å²) in [4.78, 5) is 6.29. The fraction of sp³-hybridized carbons (Fsp3) is 0.900. The van der Waals surface area contributed by atoms with Crippen LogP contribution < -0.4 is 10.6 Å². The smallest absolute Gasteiger partial charge is 0.190 e. The summed E-state index contributed by atoms with van der Waals surface area (Å²) in [6, 6.07) is 0. The van der Waals surface area contributed by atoms with Crippen molar-refractivity contribution in [2.24, 2.45) is 4.99 Å². The van der Waals surface area contributed by atoms with Gasteiger partial charge in [0.2, 0.25) is 0 Å². The number of hydrogen-bond acceptors (Lipinski definition) is 3. The summed E-state index contributed by atoms with van der Waals surface area (Å²) in [5.41, 5.74) is 0. The molecular formula is C10H25IN4O. The third kappa shape index (κ3) is 10.4. The van der Waals surface area contributed by atoms with E-state index < -0.39 is 0 Å². The Morgan fingerprint density at radius 3 is 2.56 bits per heavy atom. The highest BCUT2D eigenvalue weighted by Gasteiger charge is 1.97. The molecule has 6 heteroatoms. The normalized spacial score (nSPS) is 11.2. The number of nitrogens with zero attached hydrogens (tertiary/aromatic N) is 2. The molecule has 5 nitrogen and oxygen atoms in total. The Morgan fingerprint density at radius 1 is 1.38 bits per heavy atom. The molecule has 0 fully saturated rings. The zero-order valence-electron chi connectivity index (χ0n) is 10.7. The second-order valence-electron chi connectivity index (χ2n) is 3.40. The summed E-state index contributed by atoms with van der Waals surface area (Å²) in [5.74, 6) is 0.842. The van der Waals surface area contributed by atoms with E-state index in [1.807, 2.05) is 7.05 Å². The molecule has 0 aromatic rings. The van der Waals surface area contributed by atoms with Crippen molar-refractivity contribution in [2.45, 2.75) is 6.42 Å². The van der Waals surface area contributed by atoms with E-state index >= 15 is 0 Å². The van der Waals surface area contributed by atoms with Gasteiger partial charge in [-0.05, 0) is 20.0 Å². The Labute approximate surface area is 116 Å². The predicted octanol–water partition coefficient (Wildman–Crippen LogP) is 0.367. The number of guanidine groups is 1. The first kappa shape index (κ1) is 18.3. The van der Waals surface area contributed by atoms with E-state index in [0.29, 0.717) is 0 Å². The van der Waals surface area contributed by atoms with Crippen molar-refractivity contribution < 1.29 is 4.74 Å². The van der Waals surface area contributed by atoms with Gasteiger partial charge in [0.05, 0.1) is 6.61 Å². The maximum atomic E-state index is 5.01. The molecule has 0 aromatic carbocycles. The van der Waals surface area contributed by atoms with Gasteiger partial charge in [-0.2, -0.15) is 0 Å². The molecular weight excluding hydrogens is 319 g/mol. The molecule has 0 atom stereocenters. The van der Waals surface area contributed by atoms with Crippen LogP contribution in [-0.2, 0) is 4.74 Å². The topological polar surface area (TPSA) is 48.9 Å². The first-order chi connectivity index (χ1) is 7.24. The van der Waals surface area contributed by atoms with Crippen molar-refractivity contribution in [3.8, 4) is 0 Å². The maximum absolute atomic E-state index is 5.01. The minimum absolute atomic E-state index is 0. The maximum Gasteiger partial charge on any atom is 0.190 e. The van der Waals surface area contributed by atoms with Gasteiger partial charge < -0.3 is 20.3 Å². The largest absolute Gasteiger partial charge is 0.383 e. The molecule has 0 amide bonds. The molecule has 0 aliphatic carbocycles. The van der Waals surface area contributed by atoms with Crippen LogP contribution in [0.1, 0.15) is 6.42 Å². The van der Waals surface area contributed by atoms with Crippen molar-refractivity contribution in [1.29, 1.82) is 0 Å². The number of rotatable bonds is 7. The average Bonchev–Trinajstić information content (AvgIpc) is 2.26. The number of likely N-dealkylation sites (N-methyl/N-ethyl adjacent to an activating group) is 1. The fourth-order valence-electron chi connectivity index (χ4n) is 1.19. The Morgan fingerprint density at radius 2 is 2.06 bits per heavy atom. The average molecular weight is 344 g/mol. The van der Waals surface area contributed by atoms with E-state index in [9.17, 15) is 0 Å². The molecule has 0 bridgehead atoms. The summed E-state index contributed by atoms with van der Waals surface area (Å²) in [6.45, 7) is 3.78. The lowest BCUT2D eigenvalue weighted by Gasteiger charge is -2.16. The molecule has 0 unspecified atom stereocenters. The standard InChI is InChI=1S/C10H24N4O.HI/c1-11-10(12-2)13-6-5-7-14(3)8-9-15-4;/h5-9H2,1-4H3,(H2,11,12,13);1H. The molecule has 16 heavy (non-hydrogen) atoms. The molecule has 0 radical (unpaired) electrons. The third-order valence-electron chi connectivity index (χ3n) is 2.15. The molecule has 0 aliphatic heterocycles. The van der Waals surface area contributed by atoms with Gasteiger partial charge in [0, 0.05) is 34.3 Å². The minimum Gasteiger partial charge on any atom is -0.383 e. The van der Waals surface area contributed by atoms with Gasteiger partial charge in [0.25, 0.3) is 0 Å². The van der Waals surface area contributed by atoms with Crippen molar-refractivity contribution in [3.05, 3.63) is 0 Å². The lowest BCUT2D eigenvalue weighted by molar-refractivity contribution is 0.161. The molecule has 0 heterocycles. The Hall–Kier alpha value is -0.0800. The first-order valence-electron chi connectivity index (χ1n) is 5.30. The molecule has 0 aromatic heterocycles. The van der Waals surface area contributed by atoms with Crippen molar-refractivity contribution >= 4 is 29.9 Å². The van der Waals surface area contributed by atoms with E-state index in [1.54, 1.807) is 14.2 Å². The molecule has 2 N–H and O–H groups in total. The van der Waals surface area contributed by atoms with Gasteiger partial charge in [-0.1, -0.05) is 0 Å². The molecule has 0 saturated heterocycles. The highest BCUT2D eigenvalue weighted by atomic mass is 127. The minimum atomic E-state index is 0. The molecule has 98 valence electrons. The predicted molar refractivity (Wildman–Crippen MR) is 79.8 cm³/mol. The van der Waals surface area contributed by atoms with Gasteiger partial charge in [-0.25, -0.2) is 0 Å². The summed E-state index contributed by atoms with van der Waals surface area (Å²) in [6.07, 6.45) is 1.10. The Bertz CT molecular complexity index is 178. The van der Waals surface area contributed by atoms with Crippen molar-refractivity contribution in [2.75, 3.05) is 54.5 Å². The highest BCUT2D eigenvalue weighted by Crippen LogP contribution is 1.86. The summed E-state index contributed by atoms with van der Waals surface area (Å²) in [5, 5.41) is 6.19. The molecule has 0 aliphatic rings. The zero-order valence-corrected chi connectivity index (χ0v) is 13.1. The third-order valence-corrected chi connectivity index (χ3v) is 2.15. The zero-order chi connectivity index (χ0) is 11.5. The second-order valence-corrected chi connectivity index (χ2v) is 3.40. The van der Waals surface area contributed by atoms with Crippen molar-refractivity contribution in [3.63, 3.8) is 0 Å². The van der Waals surface area contributed by atoms with Crippen LogP contribution in [0.25, 0.3) is 0 Å². The number of halogens is 1. The second kappa shape index (κ2) is 13.0. The Balaban J connectivity index is 0. The van der Waals surface area contributed by atoms with Crippen LogP contribution in [0.15, 0.2) is 4.99 Å². The van der Waals surface area contributed by atoms with E-state index in [0.717, 1.165) is 38.6 Å². The van der Waals surface area contributed by atoms with Crippen LogP contribution in [0.4, 0.5) is 0 Å². The summed E-state index contributed by atoms with van der Waals surface area (Å²) in [7, 11) is 7.46. The highest BCUT2D eigenvalue weighted by molar-refractivity contribution is 14.0. The Kier molecular flexibility index (Phi) is 14.8. The lowest BCUT2D eigenvalue weighted by Crippen LogP contribution is -2.36. The van der Waals surface area contributed by atoms with Crippen LogP contribution in [0.2, 0.25) is 0 Å². The van der Waals surface area contributed by atoms with E-state index in [-0.39, 0.29) is 24.0 Å². The quantitative estimate of drug-likeness (QED) is 0.303. The van der Waals surface area contributed by atoms with Gasteiger partial charge >= 0.3 is 0 Å². The van der Waals surface area contributed by atoms with Gasteiger partial charge in [-0.3, -0.25) is 4.99 Å². The van der Waals surface area contributed by atoms with Gasteiger partial charge in [-0.15, -0.1) is 24.0 Å². The van der Waals surface area contributed by atoms with Crippen LogP contribution in [0.5, 0.6) is 0 Å². The SMILES string of the molecule is CN=C(NC)NCCCN(C)CCOC.I. The number of ether oxygens (including phenoxy) is 1. The number of aliphatic imine (C=N–C) groups is 1. The molecule has 0 spiro atoms. The molecule has 0 saturated carbocycles. The summed E-state index contributed by atoms with van der Waals surface area (Å²) < 4.78 is 5.01. The van der Waals surface area contributed by atoms with E-state index in [1.165, 1.54) is 0 Å². The lowest BCUT2D eigenvalue weighted by atomic mass is 10.4. The van der Waals surface area contributed by atoms with Crippen LogP contribution >= 0.6 is 24.0 Å². The monoisotopic (exact) mass is 344 g/mol.